The van der Waals surface area contributed by atoms with Crippen molar-refractivity contribution in [2.45, 2.75) is 65.8 Å². The maximum absolute atomic E-state index is 12.1. The number of urea groups is 1. The zero-order chi connectivity index (χ0) is 32.5. The van der Waals surface area contributed by atoms with Crippen molar-refractivity contribution >= 4 is 45.4 Å². The summed E-state index contributed by atoms with van der Waals surface area (Å²) in [6, 6.07) is -2.65. The van der Waals surface area contributed by atoms with Gasteiger partial charge in [-0.3, -0.25) is 37.3 Å². The fraction of sp³-hybridized carbons (Fsp3) is 0.762. The molecule has 0 bridgehead atoms. The second kappa shape index (κ2) is 19.5. The smallest absolute Gasteiger partial charge is 0.461 e. The lowest BCUT2D eigenvalue weighted by atomic mass is 10.2. The highest BCUT2D eigenvalue weighted by atomic mass is 31.2. The van der Waals surface area contributed by atoms with Crippen LogP contribution in [0.2, 0.25) is 0 Å². The summed E-state index contributed by atoms with van der Waals surface area (Å²) in [5.74, 6) is -2.24. The average Bonchev–Trinajstić information content (AvgIpc) is 2.83. The first-order valence-corrected chi connectivity index (χ1v) is 15.5. The predicted molar refractivity (Wildman–Crippen MR) is 143 cm³/mol. The van der Waals surface area contributed by atoms with E-state index >= 15 is 0 Å². The molecule has 0 aliphatic heterocycles. The van der Waals surface area contributed by atoms with Crippen molar-refractivity contribution < 1.29 is 70.5 Å². The molecule has 0 saturated heterocycles. The van der Waals surface area contributed by atoms with Crippen molar-refractivity contribution in [2.75, 3.05) is 39.5 Å². The van der Waals surface area contributed by atoms with Gasteiger partial charge in [0.1, 0.15) is 12.2 Å². The largest absolute Gasteiger partial charge is 0.472 e. The van der Waals surface area contributed by atoms with Crippen LogP contribution < -0.4 is 21.3 Å². The molecule has 0 aromatic carbocycles. The Morgan fingerprint density at radius 1 is 0.643 bits per heavy atom. The molecule has 0 aromatic rings. The fourth-order valence-corrected chi connectivity index (χ4v) is 4.43. The van der Waals surface area contributed by atoms with Crippen molar-refractivity contribution in [2.24, 2.45) is 0 Å². The first-order chi connectivity index (χ1) is 19.3. The van der Waals surface area contributed by atoms with Crippen LogP contribution in [0.1, 0.15) is 41.5 Å². The Labute approximate surface area is 242 Å². The molecule has 4 amide bonds. The molecular weight excluding hydrogens is 610 g/mol. The van der Waals surface area contributed by atoms with Crippen LogP contribution in [0.4, 0.5) is 4.79 Å². The molecule has 21 heteroatoms. The Balaban J connectivity index is 4.41. The lowest BCUT2D eigenvalue weighted by Gasteiger charge is -2.25. The maximum atomic E-state index is 12.1. The van der Waals surface area contributed by atoms with Crippen LogP contribution in [0.5, 0.6) is 0 Å². The standard InChI is InChI=1S/C21H40N4O15P2/c1-13(39-17(5)28)19(24-15(3)26)11-37-41(31,32)35-9-7-22-21(30)23-8-10-36-42(33,34)38-12-20(25-16(4)27)14(2)40-18(6)29/h13-14,19-20H,7-12H2,1-6H3,(H,24,26)(H,25,27)(H,31,32)(H,33,34)(H2,22,23,30)/t13?,14?,19-,20-/m0/s1. The number of phosphoric acid groups is 2. The van der Waals surface area contributed by atoms with Gasteiger partial charge in [0, 0.05) is 40.8 Å². The molecule has 0 rings (SSSR count). The Bertz CT molecular complexity index is 938. The molecule has 4 unspecified atom stereocenters. The topological polar surface area (TPSA) is 263 Å². The zero-order valence-corrected chi connectivity index (χ0v) is 25.9. The van der Waals surface area contributed by atoms with E-state index in [1.165, 1.54) is 27.7 Å². The summed E-state index contributed by atoms with van der Waals surface area (Å²) in [4.78, 5) is 76.4. The van der Waals surface area contributed by atoms with Gasteiger partial charge in [0.25, 0.3) is 0 Å². The Morgan fingerprint density at radius 2 is 0.976 bits per heavy atom. The van der Waals surface area contributed by atoms with E-state index in [1.54, 1.807) is 0 Å². The van der Waals surface area contributed by atoms with Crippen molar-refractivity contribution in [3.8, 4) is 0 Å². The predicted octanol–water partition coefficient (Wildman–Crippen LogP) is -0.535. The zero-order valence-electron chi connectivity index (χ0n) is 24.1. The number of ether oxygens (including phenoxy) is 2. The van der Waals surface area contributed by atoms with Gasteiger partial charge in [0.05, 0.1) is 38.5 Å². The minimum absolute atomic E-state index is 0.244. The number of nitrogens with one attached hydrogen (secondary N) is 4. The molecule has 6 atom stereocenters. The highest BCUT2D eigenvalue weighted by Crippen LogP contribution is 2.43. The Hall–Kier alpha value is -2.63. The van der Waals surface area contributed by atoms with E-state index in [9.17, 15) is 42.9 Å². The summed E-state index contributed by atoms with van der Waals surface area (Å²) in [7, 11) is -9.22. The lowest BCUT2D eigenvalue weighted by Crippen LogP contribution is -2.46. The molecule has 0 aromatic heterocycles. The van der Waals surface area contributed by atoms with Crippen LogP contribution in [-0.4, -0.2) is 103 Å². The monoisotopic (exact) mass is 650 g/mol. The van der Waals surface area contributed by atoms with Crippen LogP contribution in [0.25, 0.3) is 0 Å². The molecule has 0 saturated carbocycles. The van der Waals surface area contributed by atoms with Crippen LogP contribution in [0.15, 0.2) is 0 Å². The van der Waals surface area contributed by atoms with Gasteiger partial charge < -0.3 is 40.5 Å². The number of carbonyl (C=O) groups is 5. The second-order valence-electron chi connectivity index (χ2n) is 8.62. The highest BCUT2D eigenvalue weighted by molar-refractivity contribution is 7.47. The average molecular weight is 651 g/mol. The van der Waals surface area contributed by atoms with E-state index < -0.39 is 96.1 Å². The van der Waals surface area contributed by atoms with Gasteiger partial charge in [-0.15, -0.1) is 0 Å². The minimum atomic E-state index is -4.61. The third-order valence-corrected chi connectivity index (χ3v) is 6.70. The Kier molecular flexibility index (Phi) is 18.3. The lowest BCUT2D eigenvalue weighted by molar-refractivity contribution is -0.148. The highest BCUT2D eigenvalue weighted by Gasteiger charge is 2.29. The van der Waals surface area contributed by atoms with Gasteiger partial charge >= 0.3 is 33.6 Å². The van der Waals surface area contributed by atoms with Crippen molar-refractivity contribution in [1.82, 2.24) is 21.3 Å². The number of phosphoric ester groups is 2. The normalized spacial score (nSPS) is 16.8. The van der Waals surface area contributed by atoms with Gasteiger partial charge in [0.15, 0.2) is 0 Å². The molecule has 0 aliphatic rings. The quantitative estimate of drug-likeness (QED) is 0.0549. The number of carbonyl (C=O) groups excluding carboxylic acids is 5. The Morgan fingerprint density at radius 3 is 1.26 bits per heavy atom. The van der Waals surface area contributed by atoms with Crippen LogP contribution in [0, 0.1) is 0 Å². The molecule has 0 radical (unpaired) electrons. The van der Waals surface area contributed by atoms with Crippen molar-refractivity contribution in [3.05, 3.63) is 0 Å². The van der Waals surface area contributed by atoms with E-state index in [1.807, 2.05) is 0 Å². The van der Waals surface area contributed by atoms with E-state index in [0.717, 1.165) is 13.8 Å². The molecule has 6 N–H and O–H groups in total. The molecule has 0 heterocycles. The summed E-state index contributed by atoms with van der Waals surface area (Å²) in [5.41, 5.74) is 0. The maximum Gasteiger partial charge on any atom is 0.472 e. The summed E-state index contributed by atoms with van der Waals surface area (Å²) < 4.78 is 53.2. The first kappa shape index (κ1) is 39.4. The molecule has 0 aliphatic carbocycles. The second-order valence-corrected chi connectivity index (χ2v) is 11.5. The van der Waals surface area contributed by atoms with E-state index in [-0.39, 0.29) is 13.1 Å². The third kappa shape index (κ3) is 20.3. The summed E-state index contributed by atoms with van der Waals surface area (Å²) in [6.07, 6.45) is -1.74. The number of hydrogen-bond donors (Lipinski definition) is 6. The van der Waals surface area contributed by atoms with Crippen molar-refractivity contribution in [3.63, 3.8) is 0 Å². The third-order valence-electron chi connectivity index (χ3n) is 4.73. The SMILES string of the molecule is CC(=O)N[C@@H](COP(=O)(O)OCCNC(=O)NCCOP(=O)(O)OC[C@H](NC(C)=O)C(C)OC(C)=O)C(C)OC(C)=O. The van der Waals surface area contributed by atoms with E-state index in [4.69, 9.17) is 27.6 Å². The number of hydrogen-bond acceptors (Lipinski definition) is 13. The van der Waals surface area contributed by atoms with Gasteiger partial charge in [-0.05, 0) is 13.8 Å². The van der Waals surface area contributed by atoms with Gasteiger partial charge in [-0.1, -0.05) is 0 Å². The van der Waals surface area contributed by atoms with Gasteiger partial charge in [-0.25, -0.2) is 13.9 Å². The summed E-state index contributed by atoms with van der Waals surface area (Å²) in [5, 5.41) is 9.44. The van der Waals surface area contributed by atoms with Gasteiger partial charge in [0.2, 0.25) is 11.8 Å². The van der Waals surface area contributed by atoms with Crippen LogP contribution in [-0.2, 0) is 55.9 Å². The number of rotatable bonds is 20. The molecule has 19 nitrogen and oxygen atoms in total. The number of esters is 2. The fourth-order valence-electron chi connectivity index (χ4n) is 2.94. The van der Waals surface area contributed by atoms with E-state index in [2.05, 4.69) is 21.3 Å². The van der Waals surface area contributed by atoms with Crippen LogP contribution in [0.3, 0.4) is 0 Å². The van der Waals surface area contributed by atoms with Gasteiger partial charge in [-0.2, -0.15) is 0 Å². The van der Waals surface area contributed by atoms with Crippen molar-refractivity contribution in [1.29, 1.82) is 0 Å². The summed E-state index contributed by atoms with van der Waals surface area (Å²) in [6.45, 7) is 5.17. The number of amides is 4. The van der Waals surface area contributed by atoms with E-state index in [0.29, 0.717) is 0 Å². The molecule has 0 fully saturated rings. The molecular formula is C21H40N4O15P2. The summed E-state index contributed by atoms with van der Waals surface area (Å²) >= 11 is 0. The van der Waals surface area contributed by atoms with Crippen LogP contribution >= 0.6 is 15.6 Å². The first-order valence-electron chi connectivity index (χ1n) is 12.5. The molecule has 42 heavy (non-hydrogen) atoms. The minimum Gasteiger partial charge on any atom is -0.461 e. The molecule has 0 spiro atoms. The molecule has 244 valence electrons.